The monoisotopic (exact) mass is 181 g/mol. The first-order valence-electron chi connectivity index (χ1n) is 4.33. The summed E-state index contributed by atoms with van der Waals surface area (Å²) in [4.78, 5) is 11.4. The molecule has 0 spiro atoms. The Morgan fingerprint density at radius 1 is 1.62 bits per heavy atom. The molecule has 0 atom stereocenters. The van der Waals surface area contributed by atoms with Crippen molar-refractivity contribution in [2.75, 3.05) is 0 Å². The third-order valence-corrected chi connectivity index (χ3v) is 1.97. The Labute approximate surface area is 77.4 Å². The van der Waals surface area contributed by atoms with Crippen molar-refractivity contribution in [2.24, 2.45) is 12.8 Å². The Morgan fingerprint density at radius 2 is 2.23 bits per heavy atom. The van der Waals surface area contributed by atoms with Crippen molar-refractivity contribution in [3.8, 4) is 0 Å². The molecule has 0 fully saturated rings. The summed E-state index contributed by atoms with van der Waals surface area (Å²) < 4.78 is 1.34. The molecule has 1 aromatic heterocycles. The Hall–Kier alpha value is -1.16. The van der Waals surface area contributed by atoms with Crippen LogP contribution in [0.25, 0.3) is 0 Å². The van der Waals surface area contributed by atoms with Gasteiger partial charge in [-0.25, -0.2) is 4.68 Å². The van der Waals surface area contributed by atoms with Crippen molar-refractivity contribution in [1.29, 1.82) is 0 Å². The highest BCUT2D eigenvalue weighted by atomic mass is 16.1. The Kier molecular flexibility index (Phi) is 2.83. The third kappa shape index (κ3) is 1.95. The minimum absolute atomic E-state index is 0.105. The van der Waals surface area contributed by atoms with E-state index in [0.717, 1.165) is 5.69 Å². The highest BCUT2D eigenvalue weighted by molar-refractivity contribution is 5.15. The maximum Gasteiger partial charge on any atom is 0.270 e. The van der Waals surface area contributed by atoms with E-state index >= 15 is 0 Å². The number of rotatable bonds is 2. The van der Waals surface area contributed by atoms with Crippen molar-refractivity contribution in [2.45, 2.75) is 26.3 Å². The highest BCUT2D eigenvalue weighted by Crippen LogP contribution is 2.09. The zero-order chi connectivity index (χ0) is 10.0. The molecule has 0 saturated carbocycles. The van der Waals surface area contributed by atoms with Gasteiger partial charge < -0.3 is 5.73 Å². The number of nitrogens with zero attached hydrogens (tertiary/aromatic N) is 2. The summed E-state index contributed by atoms with van der Waals surface area (Å²) >= 11 is 0. The summed E-state index contributed by atoms with van der Waals surface area (Å²) in [6.45, 7) is 4.34. The van der Waals surface area contributed by atoms with E-state index in [0.29, 0.717) is 11.5 Å². The third-order valence-electron chi connectivity index (χ3n) is 1.97. The summed E-state index contributed by atoms with van der Waals surface area (Å²) in [6, 6.07) is 1.78. The fraction of sp³-hybridized carbons (Fsp3) is 0.556. The van der Waals surface area contributed by atoms with Crippen LogP contribution in [0.4, 0.5) is 0 Å². The second kappa shape index (κ2) is 3.70. The van der Waals surface area contributed by atoms with Gasteiger partial charge in [-0.1, -0.05) is 13.8 Å². The van der Waals surface area contributed by atoms with Crippen LogP contribution in [0.3, 0.4) is 0 Å². The molecule has 2 N–H and O–H groups in total. The molecule has 72 valence electrons. The van der Waals surface area contributed by atoms with Crippen LogP contribution in [0.5, 0.6) is 0 Å². The Bertz CT molecular complexity index is 354. The summed E-state index contributed by atoms with van der Waals surface area (Å²) in [5.74, 6) is 0.317. The minimum atomic E-state index is -0.105. The molecule has 0 aliphatic rings. The van der Waals surface area contributed by atoms with Crippen LogP contribution in [0, 0.1) is 0 Å². The topological polar surface area (TPSA) is 60.9 Å². The van der Waals surface area contributed by atoms with E-state index in [2.05, 4.69) is 5.10 Å². The van der Waals surface area contributed by atoms with Crippen molar-refractivity contribution >= 4 is 0 Å². The maximum atomic E-state index is 11.4. The van der Waals surface area contributed by atoms with Gasteiger partial charge in [-0.3, -0.25) is 4.79 Å². The predicted molar refractivity (Wildman–Crippen MR) is 51.5 cm³/mol. The molecule has 1 rings (SSSR count). The van der Waals surface area contributed by atoms with Gasteiger partial charge >= 0.3 is 0 Å². The van der Waals surface area contributed by atoms with E-state index < -0.39 is 0 Å². The molecule has 1 aromatic rings. The van der Waals surface area contributed by atoms with E-state index in [9.17, 15) is 4.79 Å². The second-order valence-corrected chi connectivity index (χ2v) is 3.38. The molecule has 0 aromatic carbocycles. The SMILES string of the molecule is CC(C)c1cc(CN)c(=O)n(C)n1. The van der Waals surface area contributed by atoms with Crippen LogP contribution in [0.1, 0.15) is 31.0 Å². The van der Waals surface area contributed by atoms with Crippen LogP contribution < -0.4 is 11.3 Å². The molecule has 4 nitrogen and oxygen atoms in total. The summed E-state index contributed by atoms with van der Waals surface area (Å²) in [5.41, 5.74) is 6.87. The zero-order valence-corrected chi connectivity index (χ0v) is 8.24. The van der Waals surface area contributed by atoms with Gasteiger partial charge in [-0.15, -0.1) is 0 Å². The lowest BCUT2D eigenvalue weighted by atomic mass is 10.1. The van der Waals surface area contributed by atoms with E-state index in [-0.39, 0.29) is 12.1 Å². The van der Waals surface area contributed by atoms with Gasteiger partial charge in [-0.05, 0) is 12.0 Å². The van der Waals surface area contributed by atoms with Crippen LogP contribution in [0.15, 0.2) is 10.9 Å². The molecule has 1 heterocycles. The molecule has 13 heavy (non-hydrogen) atoms. The summed E-state index contributed by atoms with van der Waals surface area (Å²) in [7, 11) is 1.65. The molecule has 0 saturated heterocycles. The molecule has 0 aliphatic heterocycles. The molecule has 0 unspecified atom stereocenters. The van der Waals surface area contributed by atoms with Crippen LogP contribution in [-0.2, 0) is 13.6 Å². The Morgan fingerprint density at radius 3 is 2.69 bits per heavy atom. The highest BCUT2D eigenvalue weighted by Gasteiger charge is 2.06. The number of nitrogens with two attached hydrogens (primary N) is 1. The number of hydrogen-bond donors (Lipinski definition) is 1. The lowest BCUT2D eigenvalue weighted by Crippen LogP contribution is -2.26. The fourth-order valence-corrected chi connectivity index (χ4v) is 1.12. The number of aromatic nitrogens is 2. The largest absolute Gasteiger partial charge is 0.326 e. The molecule has 0 aliphatic carbocycles. The average molecular weight is 181 g/mol. The first-order chi connectivity index (χ1) is 6.06. The normalized spacial score (nSPS) is 10.8. The maximum absolute atomic E-state index is 11.4. The van der Waals surface area contributed by atoms with Gasteiger partial charge in [0.2, 0.25) is 0 Å². The van der Waals surface area contributed by atoms with E-state index in [1.165, 1.54) is 4.68 Å². The fourth-order valence-electron chi connectivity index (χ4n) is 1.12. The van der Waals surface area contributed by atoms with Gasteiger partial charge in [0, 0.05) is 19.2 Å². The van der Waals surface area contributed by atoms with Gasteiger partial charge in [-0.2, -0.15) is 5.10 Å². The van der Waals surface area contributed by atoms with Crippen molar-refractivity contribution in [3.05, 3.63) is 27.7 Å². The Balaban J connectivity index is 3.30. The van der Waals surface area contributed by atoms with Crippen molar-refractivity contribution in [3.63, 3.8) is 0 Å². The lowest BCUT2D eigenvalue weighted by molar-refractivity contribution is 0.642. The van der Waals surface area contributed by atoms with Gasteiger partial charge in [0.25, 0.3) is 5.56 Å². The van der Waals surface area contributed by atoms with Gasteiger partial charge in [0.15, 0.2) is 0 Å². The van der Waals surface area contributed by atoms with Crippen LogP contribution >= 0.6 is 0 Å². The second-order valence-electron chi connectivity index (χ2n) is 3.38. The molecular formula is C9H15N3O. The summed E-state index contributed by atoms with van der Waals surface area (Å²) in [5, 5.41) is 4.13. The van der Waals surface area contributed by atoms with Gasteiger partial charge in [0.1, 0.15) is 0 Å². The molecule has 0 bridgehead atoms. The van der Waals surface area contributed by atoms with E-state index in [1.54, 1.807) is 13.1 Å². The molecule has 0 radical (unpaired) electrons. The van der Waals surface area contributed by atoms with E-state index in [4.69, 9.17) is 5.73 Å². The number of hydrogen-bond acceptors (Lipinski definition) is 3. The van der Waals surface area contributed by atoms with Crippen LogP contribution in [0.2, 0.25) is 0 Å². The lowest BCUT2D eigenvalue weighted by Gasteiger charge is -2.07. The first-order valence-corrected chi connectivity index (χ1v) is 4.33. The smallest absolute Gasteiger partial charge is 0.270 e. The first kappa shape index (κ1) is 9.92. The minimum Gasteiger partial charge on any atom is -0.326 e. The molecule has 0 amide bonds. The van der Waals surface area contributed by atoms with E-state index in [1.807, 2.05) is 13.8 Å². The van der Waals surface area contributed by atoms with Crippen LogP contribution in [-0.4, -0.2) is 9.78 Å². The predicted octanol–water partition coefficient (Wildman–Crippen LogP) is 0.362. The van der Waals surface area contributed by atoms with Crippen molar-refractivity contribution < 1.29 is 0 Å². The zero-order valence-electron chi connectivity index (χ0n) is 8.24. The van der Waals surface area contributed by atoms with Gasteiger partial charge in [0.05, 0.1) is 5.69 Å². The molecule has 4 heteroatoms. The quantitative estimate of drug-likeness (QED) is 0.716. The average Bonchev–Trinajstić information content (AvgIpc) is 2.09. The molecular weight excluding hydrogens is 166 g/mol. The number of aryl methyl sites for hydroxylation is 1. The summed E-state index contributed by atoms with van der Waals surface area (Å²) in [6.07, 6.45) is 0. The standard InChI is InChI=1S/C9H15N3O/c1-6(2)8-4-7(5-10)9(13)12(3)11-8/h4,6H,5,10H2,1-3H3. The van der Waals surface area contributed by atoms with Crippen molar-refractivity contribution in [1.82, 2.24) is 9.78 Å².